The molecule has 0 unspecified atom stereocenters. The minimum absolute atomic E-state index is 0. The third kappa shape index (κ3) is 8.33. The summed E-state index contributed by atoms with van der Waals surface area (Å²) in [5.74, 6) is 0.943. The predicted molar refractivity (Wildman–Crippen MR) is 128 cm³/mol. The van der Waals surface area contributed by atoms with E-state index >= 15 is 0 Å². The van der Waals surface area contributed by atoms with E-state index in [9.17, 15) is 4.39 Å². The van der Waals surface area contributed by atoms with Gasteiger partial charge in [0.25, 0.3) is 0 Å². The lowest BCUT2D eigenvalue weighted by atomic mass is 9.90. The lowest BCUT2D eigenvalue weighted by Gasteiger charge is -2.33. The van der Waals surface area contributed by atoms with Crippen LogP contribution in [0.5, 0.6) is 0 Å². The zero-order valence-corrected chi connectivity index (χ0v) is 20.4. The van der Waals surface area contributed by atoms with Crippen LogP contribution in [-0.2, 0) is 23.0 Å². The summed E-state index contributed by atoms with van der Waals surface area (Å²) in [7, 11) is -3.92. The number of rotatable bonds is 3. The Morgan fingerprint density at radius 2 is 1.64 bits per heavy atom. The molecule has 1 fully saturated rings. The first-order valence-corrected chi connectivity index (χ1v) is 13.3. The zero-order chi connectivity index (χ0) is 23.1. The van der Waals surface area contributed by atoms with Crippen molar-refractivity contribution in [1.29, 1.82) is 0 Å². The molecule has 2 aromatic rings. The number of benzene rings is 1. The molecule has 3 N–H and O–H groups in total. The van der Waals surface area contributed by atoms with E-state index in [0.29, 0.717) is 6.26 Å². The first-order valence-electron chi connectivity index (χ1n) is 11.5. The van der Waals surface area contributed by atoms with E-state index < -0.39 is 10.1 Å². The minimum atomic E-state index is -3.92. The van der Waals surface area contributed by atoms with Gasteiger partial charge in [-0.15, -0.1) is 0 Å². The molecule has 7 nitrogen and oxygen atoms in total. The largest absolute Gasteiger partial charge is 0.748 e. The van der Waals surface area contributed by atoms with Crippen molar-refractivity contribution in [2.75, 3.05) is 43.9 Å². The quantitative estimate of drug-likeness (QED) is 0.670. The number of hydrogen-bond acceptors (Lipinski definition) is 5. The highest BCUT2D eigenvalue weighted by Gasteiger charge is 2.23. The van der Waals surface area contributed by atoms with Crippen molar-refractivity contribution in [2.45, 2.75) is 45.4 Å². The molecule has 0 saturated carbocycles. The summed E-state index contributed by atoms with van der Waals surface area (Å²) >= 11 is 0. The zero-order valence-electron chi connectivity index (χ0n) is 19.6. The number of halogens is 1. The minimum Gasteiger partial charge on any atom is -0.748 e. The molecule has 1 aliphatic carbocycles. The van der Waals surface area contributed by atoms with Crippen LogP contribution in [0.1, 0.15) is 43.9 Å². The van der Waals surface area contributed by atoms with Crippen molar-refractivity contribution >= 4 is 15.9 Å². The van der Waals surface area contributed by atoms with Gasteiger partial charge in [-0.05, 0) is 67.5 Å². The number of likely N-dealkylation sites (N-methyl/N-ethyl adjacent to an activating group) is 1. The summed E-state index contributed by atoms with van der Waals surface area (Å²) in [5.41, 5.74) is 5.05. The average Bonchev–Trinajstić information content (AvgIpc) is 2.73. The molecule has 0 radical (unpaired) electrons. The second-order valence-electron chi connectivity index (χ2n) is 8.67. The van der Waals surface area contributed by atoms with Gasteiger partial charge in [0.05, 0.1) is 42.8 Å². The van der Waals surface area contributed by atoms with E-state index in [0.717, 1.165) is 37.3 Å². The number of hydrogen-bond donors (Lipinski definition) is 1. The number of quaternary nitrogens is 1. The van der Waals surface area contributed by atoms with Gasteiger partial charge in [0.1, 0.15) is 11.6 Å². The molecule has 184 valence electrons. The third-order valence-corrected chi connectivity index (χ3v) is 6.24. The Morgan fingerprint density at radius 3 is 2.21 bits per heavy atom. The van der Waals surface area contributed by atoms with Crippen LogP contribution >= 0.6 is 0 Å². The Hall–Kier alpha value is -2.07. The molecule has 0 bridgehead atoms. The fourth-order valence-electron chi connectivity index (χ4n) is 4.50. The van der Waals surface area contributed by atoms with Crippen LogP contribution < -0.4 is 9.80 Å². The van der Waals surface area contributed by atoms with Crippen molar-refractivity contribution in [2.24, 2.45) is 0 Å². The molecule has 4 rings (SSSR count). The van der Waals surface area contributed by atoms with Gasteiger partial charge in [0.2, 0.25) is 0 Å². The highest BCUT2D eigenvalue weighted by molar-refractivity contribution is 7.84. The molecule has 0 spiro atoms. The molecule has 2 heterocycles. The summed E-state index contributed by atoms with van der Waals surface area (Å²) in [6, 6.07) is 9.27. The normalized spacial score (nSPS) is 17.0. The fraction of sp³-hybridized carbons (Fsp3) is 0.542. The number of pyridine rings is 1. The van der Waals surface area contributed by atoms with E-state index in [1.54, 1.807) is 17.0 Å². The lowest BCUT2D eigenvalue weighted by Crippen LogP contribution is -3.14. The Kier molecular flexibility index (Phi) is 10.2. The van der Waals surface area contributed by atoms with Crippen LogP contribution in [0.4, 0.5) is 10.2 Å². The summed E-state index contributed by atoms with van der Waals surface area (Å²) in [5, 5.41) is 0. The highest BCUT2D eigenvalue weighted by atomic mass is 32.2. The van der Waals surface area contributed by atoms with Crippen LogP contribution in [0.25, 0.3) is 11.1 Å². The Morgan fingerprint density at radius 1 is 1.06 bits per heavy atom. The molecule has 1 saturated heterocycles. The van der Waals surface area contributed by atoms with Crippen LogP contribution in [0, 0.1) is 5.82 Å². The van der Waals surface area contributed by atoms with Gasteiger partial charge in [-0.1, -0.05) is 25.0 Å². The van der Waals surface area contributed by atoms with Crippen LogP contribution in [0.15, 0.2) is 30.3 Å². The van der Waals surface area contributed by atoms with Crippen LogP contribution in [0.3, 0.4) is 0 Å². The Labute approximate surface area is 196 Å². The van der Waals surface area contributed by atoms with Gasteiger partial charge < -0.3 is 19.8 Å². The number of nitrogens with one attached hydrogen (secondary N) is 1. The van der Waals surface area contributed by atoms with Crippen molar-refractivity contribution in [3.05, 3.63) is 47.4 Å². The predicted octanol–water partition coefficient (Wildman–Crippen LogP) is 1.61. The van der Waals surface area contributed by atoms with Gasteiger partial charge in [0.15, 0.2) is 0 Å². The summed E-state index contributed by atoms with van der Waals surface area (Å²) in [4.78, 5) is 9.26. The fourth-order valence-corrected chi connectivity index (χ4v) is 4.50. The molecule has 0 atom stereocenters. The number of aromatic nitrogens is 1. The van der Waals surface area contributed by atoms with Gasteiger partial charge in [0, 0.05) is 11.9 Å². The maximum absolute atomic E-state index is 13.5. The van der Waals surface area contributed by atoms with Crippen molar-refractivity contribution in [3.63, 3.8) is 0 Å². The summed E-state index contributed by atoms with van der Waals surface area (Å²) in [6.07, 6.45) is 7.80. The van der Waals surface area contributed by atoms with Gasteiger partial charge in [-0.25, -0.2) is 17.8 Å². The average molecular weight is 482 g/mol. The molecule has 33 heavy (non-hydrogen) atoms. The number of fused-ring (bicyclic) bond motifs is 1. The van der Waals surface area contributed by atoms with E-state index in [4.69, 9.17) is 18.0 Å². The van der Waals surface area contributed by atoms with Crippen LogP contribution in [-0.4, -0.2) is 62.4 Å². The second-order valence-corrected chi connectivity index (χ2v) is 10.1. The number of anilines is 1. The smallest absolute Gasteiger partial charge is 0.129 e. The monoisotopic (exact) mass is 481 g/mol. The molecule has 2 aliphatic rings. The second kappa shape index (κ2) is 12.4. The third-order valence-electron chi connectivity index (χ3n) is 6.24. The summed E-state index contributed by atoms with van der Waals surface area (Å²) in [6.45, 7) is 7.96. The first-order chi connectivity index (χ1) is 15.2. The highest BCUT2D eigenvalue weighted by Crippen LogP contribution is 2.33. The first kappa shape index (κ1) is 27.2. The van der Waals surface area contributed by atoms with E-state index in [-0.39, 0.29) is 11.3 Å². The number of nitrogens with zero attached hydrogens (tertiary/aromatic N) is 2. The molecular formula is C24H36FN3O4S. The molecular weight excluding hydrogens is 445 g/mol. The molecule has 0 amide bonds. The van der Waals surface area contributed by atoms with E-state index in [1.165, 1.54) is 62.1 Å². The Bertz CT molecular complexity index is 984. The topological polar surface area (TPSA) is 109 Å². The van der Waals surface area contributed by atoms with Crippen molar-refractivity contribution in [1.82, 2.24) is 4.98 Å². The van der Waals surface area contributed by atoms with Gasteiger partial charge >= 0.3 is 0 Å². The van der Waals surface area contributed by atoms with Gasteiger partial charge in [-0.3, -0.25) is 0 Å². The van der Waals surface area contributed by atoms with Crippen LogP contribution in [0.2, 0.25) is 0 Å². The van der Waals surface area contributed by atoms with E-state index in [1.807, 2.05) is 12.1 Å². The maximum atomic E-state index is 13.5. The molecule has 1 aliphatic heterocycles. The maximum Gasteiger partial charge on any atom is 0.129 e. The number of aryl methyl sites for hydroxylation is 1. The van der Waals surface area contributed by atoms with Crippen molar-refractivity contribution in [3.8, 4) is 11.1 Å². The molecule has 1 aromatic carbocycles. The Balaban J connectivity index is 0.000000583. The lowest BCUT2D eigenvalue weighted by molar-refractivity contribution is -0.898. The standard InChI is InChI=1S/C23H30FN3.CH4O3S.H2O/c1-2-26-13-15-27(16-14-26)23-17-21(18-9-11-19(24)12-10-18)20-7-5-3-4-6-8-22(20)25-23;1-5(2,3)4;/h9-12,17H,2-8,13-16H2,1H3;1H3,(H,2,3,4);1H2. The molecule has 9 heteroatoms. The SMILES string of the molecule is CC[NH+]1CCN(c2cc(-c3ccc(F)cc3)c3c(n2)CCCCCC3)CC1.CS(=O)(=O)[O-].O. The van der Waals surface area contributed by atoms with Gasteiger partial charge in [-0.2, -0.15) is 0 Å². The molecule has 1 aromatic heterocycles. The van der Waals surface area contributed by atoms with E-state index in [2.05, 4.69) is 17.9 Å². The summed E-state index contributed by atoms with van der Waals surface area (Å²) < 4.78 is 40.7. The van der Waals surface area contributed by atoms with Crippen molar-refractivity contribution < 1.29 is 27.7 Å². The number of piperazine rings is 1.